The molecule has 1 aromatic carbocycles. The second kappa shape index (κ2) is 5.91. The van der Waals surface area contributed by atoms with Gasteiger partial charge < -0.3 is 15.3 Å². The Kier molecular flexibility index (Phi) is 3.94. The average Bonchev–Trinajstić information content (AvgIpc) is 3.03. The molecular weight excluding hydrogens is 300 g/mol. The fraction of sp³-hybridized carbons (Fsp3) is 0.438. The van der Waals surface area contributed by atoms with E-state index in [1.807, 2.05) is 0 Å². The quantitative estimate of drug-likeness (QED) is 0.743. The number of phenols is 2. The summed E-state index contributed by atoms with van der Waals surface area (Å²) in [4.78, 5) is 27.2. The Labute approximate surface area is 131 Å². The van der Waals surface area contributed by atoms with E-state index in [-0.39, 0.29) is 30.4 Å². The number of fused-ring (bicyclic) bond motifs is 1. The lowest BCUT2D eigenvalue weighted by molar-refractivity contribution is -0.137. The summed E-state index contributed by atoms with van der Waals surface area (Å²) in [6.45, 7) is -0.0349. The van der Waals surface area contributed by atoms with E-state index in [4.69, 9.17) is 5.11 Å². The number of carboxylic acids is 1. The number of carboxylic acid groups (broad SMARTS) is 1. The molecule has 0 unspecified atom stereocenters. The van der Waals surface area contributed by atoms with Crippen LogP contribution in [0.1, 0.15) is 43.7 Å². The maximum Gasteiger partial charge on any atom is 0.348 e. The molecule has 1 aliphatic carbocycles. The molecule has 0 aliphatic heterocycles. The number of carbonyl (C=O) groups is 1. The number of phenolic OH excluding ortho intramolecular Hbond substituents is 2. The Morgan fingerprint density at radius 1 is 1.26 bits per heavy atom. The Morgan fingerprint density at radius 3 is 2.61 bits per heavy atom. The standard InChI is InChI=1S/C16H18N2O5/c19-11-6-5-10-13(15(11)22)14(9-3-1-2-4-9)17-16(23)18(10)8-7-12(20)21/h5-6,9,19,22H,1-4,7-8H2,(H,20,21). The molecule has 0 spiro atoms. The molecule has 7 heteroatoms. The summed E-state index contributed by atoms with van der Waals surface area (Å²) in [5.74, 6) is -1.53. The molecular formula is C16H18N2O5. The van der Waals surface area contributed by atoms with Crippen molar-refractivity contribution in [2.75, 3.05) is 0 Å². The Morgan fingerprint density at radius 2 is 1.96 bits per heavy atom. The highest BCUT2D eigenvalue weighted by Gasteiger charge is 2.25. The Hall–Kier alpha value is -2.57. The molecule has 122 valence electrons. The summed E-state index contributed by atoms with van der Waals surface area (Å²) < 4.78 is 1.24. The van der Waals surface area contributed by atoms with Crippen molar-refractivity contribution >= 4 is 16.9 Å². The summed E-state index contributed by atoms with van der Waals surface area (Å²) in [7, 11) is 0. The van der Waals surface area contributed by atoms with Crippen molar-refractivity contribution in [3.8, 4) is 11.5 Å². The molecule has 0 amide bonds. The molecule has 1 heterocycles. The maximum absolute atomic E-state index is 12.3. The van der Waals surface area contributed by atoms with Crippen LogP contribution in [0.25, 0.3) is 10.9 Å². The number of aliphatic carboxylic acids is 1. The molecule has 3 rings (SSSR count). The summed E-state index contributed by atoms with van der Waals surface area (Å²) in [6, 6.07) is 2.82. The molecule has 2 aromatic rings. The molecule has 3 N–H and O–H groups in total. The number of aryl methyl sites for hydroxylation is 1. The molecule has 1 aliphatic rings. The maximum atomic E-state index is 12.3. The van der Waals surface area contributed by atoms with Crippen molar-refractivity contribution in [1.29, 1.82) is 0 Å². The topological polar surface area (TPSA) is 113 Å². The minimum atomic E-state index is -1.02. The van der Waals surface area contributed by atoms with Gasteiger partial charge in [0, 0.05) is 12.5 Å². The fourth-order valence-corrected chi connectivity index (χ4v) is 3.29. The summed E-state index contributed by atoms with van der Waals surface area (Å²) in [6.07, 6.45) is 3.62. The van der Waals surface area contributed by atoms with Crippen molar-refractivity contribution in [3.63, 3.8) is 0 Å². The van der Waals surface area contributed by atoms with E-state index in [1.54, 1.807) is 0 Å². The highest BCUT2D eigenvalue weighted by Crippen LogP contribution is 2.41. The molecule has 1 aromatic heterocycles. The van der Waals surface area contributed by atoms with Gasteiger partial charge in [-0.15, -0.1) is 0 Å². The molecule has 0 atom stereocenters. The van der Waals surface area contributed by atoms with Crippen molar-refractivity contribution in [2.45, 2.75) is 44.6 Å². The lowest BCUT2D eigenvalue weighted by Gasteiger charge is -2.16. The van der Waals surface area contributed by atoms with Gasteiger partial charge in [-0.2, -0.15) is 4.98 Å². The second-order valence-electron chi connectivity index (χ2n) is 5.88. The zero-order chi connectivity index (χ0) is 16.6. The van der Waals surface area contributed by atoms with E-state index in [2.05, 4.69) is 4.98 Å². The number of rotatable bonds is 4. The first-order valence-electron chi connectivity index (χ1n) is 7.66. The summed E-state index contributed by atoms with van der Waals surface area (Å²) >= 11 is 0. The molecule has 7 nitrogen and oxygen atoms in total. The largest absolute Gasteiger partial charge is 0.504 e. The van der Waals surface area contributed by atoms with Gasteiger partial charge in [-0.1, -0.05) is 12.8 Å². The summed E-state index contributed by atoms with van der Waals surface area (Å²) in [5, 5.41) is 29.3. The van der Waals surface area contributed by atoms with Gasteiger partial charge in [0.1, 0.15) is 0 Å². The third-order valence-corrected chi connectivity index (χ3v) is 4.42. The minimum absolute atomic E-state index is 0.0349. The van der Waals surface area contributed by atoms with E-state index in [1.165, 1.54) is 16.7 Å². The van der Waals surface area contributed by atoms with Gasteiger partial charge in [-0.05, 0) is 25.0 Å². The predicted octanol–water partition coefficient (Wildman–Crippen LogP) is 1.94. The van der Waals surface area contributed by atoms with Crippen LogP contribution in [-0.4, -0.2) is 30.8 Å². The normalized spacial score (nSPS) is 15.3. The lowest BCUT2D eigenvalue weighted by Crippen LogP contribution is -2.26. The van der Waals surface area contributed by atoms with Crippen LogP contribution in [0.2, 0.25) is 0 Å². The predicted molar refractivity (Wildman–Crippen MR) is 82.8 cm³/mol. The third-order valence-electron chi connectivity index (χ3n) is 4.42. The average molecular weight is 318 g/mol. The van der Waals surface area contributed by atoms with Gasteiger partial charge in [0.2, 0.25) is 0 Å². The SMILES string of the molecule is O=C(O)CCn1c(=O)nc(C2CCCC2)c2c(O)c(O)ccc21. The van der Waals surface area contributed by atoms with Crippen LogP contribution in [0.15, 0.2) is 16.9 Å². The lowest BCUT2D eigenvalue weighted by atomic mass is 9.98. The number of hydrogen-bond donors (Lipinski definition) is 3. The number of benzene rings is 1. The van der Waals surface area contributed by atoms with Crippen LogP contribution in [0.4, 0.5) is 0 Å². The van der Waals surface area contributed by atoms with Gasteiger partial charge in [-0.3, -0.25) is 9.36 Å². The van der Waals surface area contributed by atoms with Gasteiger partial charge >= 0.3 is 11.7 Å². The van der Waals surface area contributed by atoms with Crippen LogP contribution < -0.4 is 5.69 Å². The Bertz CT molecular complexity index is 821. The minimum Gasteiger partial charge on any atom is -0.504 e. The smallest absolute Gasteiger partial charge is 0.348 e. The zero-order valence-electron chi connectivity index (χ0n) is 12.5. The molecule has 0 radical (unpaired) electrons. The van der Waals surface area contributed by atoms with Gasteiger partial charge in [0.25, 0.3) is 0 Å². The van der Waals surface area contributed by atoms with Crippen molar-refractivity contribution in [2.24, 2.45) is 0 Å². The van der Waals surface area contributed by atoms with Crippen LogP contribution >= 0.6 is 0 Å². The van der Waals surface area contributed by atoms with Crippen LogP contribution in [0.5, 0.6) is 11.5 Å². The van der Waals surface area contributed by atoms with E-state index >= 15 is 0 Å². The number of hydrogen-bond acceptors (Lipinski definition) is 5. The highest BCUT2D eigenvalue weighted by atomic mass is 16.4. The Balaban J connectivity index is 2.25. The first-order chi connectivity index (χ1) is 11.0. The second-order valence-corrected chi connectivity index (χ2v) is 5.88. The van der Waals surface area contributed by atoms with Crippen molar-refractivity contribution in [3.05, 3.63) is 28.3 Å². The number of aromatic hydroxyl groups is 2. The third kappa shape index (κ3) is 2.74. The van der Waals surface area contributed by atoms with Gasteiger partial charge in [0.15, 0.2) is 11.5 Å². The molecule has 1 saturated carbocycles. The molecule has 0 bridgehead atoms. The van der Waals surface area contributed by atoms with E-state index in [0.717, 1.165) is 25.7 Å². The molecule has 23 heavy (non-hydrogen) atoms. The van der Waals surface area contributed by atoms with Crippen molar-refractivity contribution < 1.29 is 20.1 Å². The number of aromatic nitrogens is 2. The highest BCUT2D eigenvalue weighted by molar-refractivity contribution is 5.90. The number of nitrogens with zero attached hydrogens (tertiary/aromatic N) is 2. The van der Waals surface area contributed by atoms with E-state index < -0.39 is 11.7 Å². The van der Waals surface area contributed by atoms with E-state index in [9.17, 15) is 19.8 Å². The first kappa shape index (κ1) is 15.3. The van der Waals surface area contributed by atoms with Gasteiger partial charge in [-0.25, -0.2) is 4.79 Å². The van der Waals surface area contributed by atoms with Gasteiger partial charge in [0.05, 0.1) is 23.0 Å². The van der Waals surface area contributed by atoms with Crippen LogP contribution in [0.3, 0.4) is 0 Å². The first-order valence-corrected chi connectivity index (χ1v) is 7.66. The molecule has 0 saturated heterocycles. The van der Waals surface area contributed by atoms with Crippen molar-refractivity contribution in [1.82, 2.24) is 9.55 Å². The van der Waals surface area contributed by atoms with Crippen LogP contribution in [0, 0.1) is 0 Å². The van der Waals surface area contributed by atoms with Crippen LogP contribution in [-0.2, 0) is 11.3 Å². The fourth-order valence-electron chi connectivity index (χ4n) is 3.29. The van der Waals surface area contributed by atoms with E-state index in [0.29, 0.717) is 16.6 Å². The zero-order valence-corrected chi connectivity index (χ0v) is 12.5. The monoisotopic (exact) mass is 318 g/mol. The molecule has 1 fully saturated rings. The summed E-state index contributed by atoms with van der Waals surface area (Å²) in [5.41, 5.74) is 0.386.